The Morgan fingerprint density at radius 3 is 2.13 bits per heavy atom. The van der Waals surface area contributed by atoms with Crippen LogP contribution in [0.15, 0.2) is 38.3 Å². The van der Waals surface area contributed by atoms with Gasteiger partial charge in [0.1, 0.15) is 24.7 Å². The van der Waals surface area contributed by atoms with Gasteiger partial charge in [-0.1, -0.05) is 108 Å². The molecule has 9 nitrogen and oxygen atoms in total. The lowest BCUT2D eigenvalue weighted by Crippen LogP contribution is -2.31. The molecule has 260 valence electrons. The number of aryl methyl sites for hydroxylation is 3. The summed E-state index contributed by atoms with van der Waals surface area (Å²) in [5.41, 5.74) is 2.14. The fraction of sp³-hybridized carbons (Fsp3) is 0.750. The molecule has 0 saturated heterocycles. The molecule has 0 aliphatic rings. The summed E-state index contributed by atoms with van der Waals surface area (Å²) < 4.78 is 30.6. The van der Waals surface area contributed by atoms with Crippen LogP contribution in [0, 0.1) is 6.92 Å². The van der Waals surface area contributed by atoms with Gasteiger partial charge in [-0.05, 0) is 36.5 Å². The van der Waals surface area contributed by atoms with Crippen molar-refractivity contribution in [1.82, 2.24) is 10.3 Å². The zero-order valence-corrected chi connectivity index (χ0v) is 29.4. The van der Waals surface area contributed by atoms with E-state index in [9.17, 15) is 5.11 Å². The first-order valence-corrected chi connectivity index (χ1v) is 18.9. The first kappa shape index (κ1) is 38.0. The Morgan fingerprint density at radius 1 is 0.783 bits per heavy atom. The summed E-state index contributed by atoms with van der Waals surface area (Å²) in [5, 5.41) is 20.5. The molecule has 0 aliphatic heterocycles. The highest BCUT2D eigenvalue weighted by molar-refractivity contribution is 7.07. The van der Waals surface area contributed by atoms with Gasteiger partial charge in [-0.2, -0.15) is 4.57 Å². The molecular formula is C36H60N3O6S+. The standard InChI is InChI=1S/C36H60N3O6S/c1-3-4-5-6-7-8-9-10-11-12-13-14-18-21-33-26-35(37-45-33)42-29-34(43-36-25-31(2)44-38-36)28-41-27-32(40)20-17-15-16-19-22-39-23-24-46-30-39/h23-26,30,32,34,40H,3-22,27-29H2,1-2H3/q+1. The zero-order chi connectivity index (χ0) is 32.5. The first-order valence-electron chi connectivity index (χ1n) is 18.0. The monoisotopic (exact) mass is 662 g/mol. The summed E-state index contributed by atoms with van der Waals surface area (Å²) >= 11 is 1.72. The summed E-state index contributed by atoms with van der Waals surface area (Å²) in [5.74, 6) is 2.31. The second-order valence-electron chi connectivity index (χ2n) is 12.6. The number of nitrogens with zero attached hydrogens (tertiary/aromatic N) is 3. The van der Waals surface area contributed by atoms with Crippen LogP contribution in [0.5, 0.6) is 11.8 Å². The van der Waals surface area contributed by atoms with Crippen LogP contribution >= 0.6 is 11.3 Å². The third kappa shape index (κ3) is 18.0. The second kappa shape index (κ2) is 24.7. The predicted molar refractivity (Wildman–Crippen MR) is 181 cm³/mol. The minimum atomic E-state index is -0.509. The van der Waals surface area contributed by atoms with E-state index in [0.717, 1.165) is 57.3 Å². The molecule has 2 unspecified atom stereocenters. The van der Waals surface area contributed by atoms with E-state index >= 15 is 0 Å². The Hall–Kier alpha value is -2.43. The highest BCUT2D eigenvalue weighted by atomic mass is 32.1. The molecule has 0 saturated carbocycles. The maximum atomic E-state index is 10.4. The van der Waals surface area contributed by atoms with Gasteiger partial charge in [-0.15, -0.1) is 0 Å². The number of thiazole rings is 1. The Balaban J connectivity index is 1.24. The number of hydrogen-bond donors (Lipinski definition) is 1. The normalized spacial score (nSPS) is 12.8. The smallest absolute Gasteiger partial charge is 0.254 e. The zero-order valence-electron chi connectivity index (χ0n) is 28.5. The molecular weight excluding hydrogens is 602 g/mol. The number of rotatable bonds is 30. The van der Waals surface area contributed by atoms with Crippen LogP contribution in [0.3, 0.4) is 0 Å². The molecule has 2 atom stereocenters. The van der Waals surface area contributed by atoms with Crippen LogP contribution < -0.4 is 14.0 Å². The molecule has 3 heterocycles. The van der Waals surface area contributed by atoms with Crippen LogP contribution in [-0.2, 0) is 17.7 Å². The lowest BCUT2D eigenvalue weighted by atomic mass is 10.0. The quantitative estimate of drug-likeness (QED) is 0.0558. The molecule has 0 bridgehead atoms. The topological polar surface area (TPSA) is 104 Å². The number of ether oxygens (including phenoxy) is 3. The van der Waals surface area contributed by atoms with Crippen LogP contribution in [0.1, 0.15) is 134 Å². The van der Waals surface area contributed by atoms with Gasteiger partial charge < -0.3 is 28.4 Å². The third-order valence-corrected chi connectivity index (χ3v) is 8.89. The number of aliphatic hydroxyl groups excluding tert-OH is 1. The average molecular weight is 663 g/mol. The van der Waals surface area contributed by atoms with E-state index in [-0.39, 0.29) is 19.8 Å². The number of hydrogen-bond acceptors (Lipinski definition) is 9. The number of aliphatic hydroxyl groups is 1. The van der Waals surface area contributed by atoms with E-state index in [1.807, 2.05) is 13.0 Å². The van der Waals surface area contributed by atoms with Crippen molar-refractivity contribution in [3.8, 4) is 11.8 Å². The van der Waals surface area contributed by atoms with Gasteiger partial charge >= 0.3 is 0 Å². The van der Waals surface area contributed by atoms with Gasteiger partial charge in [-0.3, -0.25) is 0 Å². The average Bonchev–Trinajstić information content (AvgIpc) is 3.83. The predicted octanol–water partition coefficient (Wildman–Crippen LogP) is 8.81. The van der Waals surface area contributed by atoms with E-state index in [1.54, 1.807) is 17.4 Å². The Bertz CT molecular complexity index is 1110. The van der Waals surface area contributed by atoms with Gasteiger partial charge in [0.15, 0.2) is 12.3 Å². The van der Waals surface area contributed by atoms with Crippen molar-refractivity contribution in [2.24, 2.45) is 0 Å². The number of unbranched alkanes of at least 4 members (excludes halogenated alkanes) is 15. The molecule has 0 amide bonds. The molecule has 10 heteroatoms. The van der Waals surface area contributed by atoms with Crippen molar-refractivity contribution in [2.45, 2.75) is 155 Å². The van der Waals surface area contributed by atoms with E-state index in [4.69, 9.17) is 23.3 Å². The van der Waals surface area contributed by atoms with E-state index in [1.165, 1.54) is 77.0 Å². The van der Waals surface area contributed by atoms with Gasteiger partial charge in [-0.25, -0.2) is 0 Å². The van der Waals surface area contributed by atoms with Crippen LogP contribution in [-0.4, -0.2) is 47.4 Å². The van der Waals surface area contributed by atoms with Crippen molar-refractivity contribution in [3.05, 3.63) is 40.7 Å². The molecule has 0 spiro atoms. The molecule has 3 rings (SSSR count). The highest BCUT2D eigenvalue weighted by Gasteiger charge is 2.17. The van der Waals surface area contributed by atoms with Crippen molar-refractivity contribution in [1.29, 1.82) is 0 Å². The minimum Gasteiger partial charge on any atom is -0.471 e. The minimum absolute atomic E-state index is 0.203. The van der Waals surface area contributed by atoms with Crippen molar-refractivity contribution < 1.29 is 32.9 Å². The van der Waals surface area contributed by atoms with Gasteiger partial charge in [0, 0.05) is 25.0 Å². The third-order valence-electron chi connectivity index (χ3n) is 8.22. The largest absolute Gasteiger partial charge is 0.471 e. The molecule has 0 fully saturated rings. The maximum absolute atomic E-state index is 10.4. The maximum Gasteiger partial charge on any atom is 0.254 e. The van der Waals surface area contributed by atoms with E-state index in [0.29, 0.717) is 17.5 Å². The van der Waals surface area contributed by atoms with E-state index < -0.39 is 12.2 Å². The van der Waals surface area contributed by atoms with E-state index in [2.05, 4.69) is 38.9 Å². The summed E-state index contributed by atoms with van der Waals surface area (Å²) in [6.45, 7) is 5.83. The number of aromatic nitrogens is 3. The molecule has 0 radical (unpaired) electrons. The molecule has 46 heavy (non-hydrogen) atoms. The molecule has 0 aromatic carbocycles. The summed E-state index contributed by atoms with van der Waals surface area (Å²) in [6, 6.07) is 3.59. The fourth-order valence-electron chi connectivity index (χ4n) is 5.50. The Kier molecular flexibility index (Phi) is 20.4. The van der Waals surface area contributed by atoms with Crippen LogP contribution in [0.4, 0.5) is 0 Å². The highest BCUT2D eigenvalue weighted by Crippen LogP contribution is 2.18. The summed E-state index contributed by atoms with van der Waals surface area (Å²) in [6.07, 6.45) is 24.5. The Labute approximate surface area is 281 Å². The first-order chi connectivity index (χ1) is 22.6. The fourth-order valence-corrected chi connectivity index (χ4v) is 6.13. The second-order valence-corrected chi connectivity index (χ2v) is 13.4. The van der Waals surface area contributed by atoms with Crippen LogP contribution in [0.2, 0.25) is 0 Å². The van der Waals surface area contributed by atoms with Crippen molar-refractivity contribution in [2.75, 3.05) is 19.8 Å². The SMILES string of the molecule is CCCCCCCCCCCCCCCc1cc(OCC(COCC(O)CCCCCC[n+]2ccsc2)Oc2cc(C)on2)no1. The van der Waals surface area contributed by atoms with Crippen molar-refractivity contribution >= 4 is 11.3 Å². The molecule has 1 N–H and O–H groups in total. The lowest BCUT2D eigenvalue weighted by molar-refractivity contribution is -0.692. The summed E-state index contributed by atoms with van der Waals surface area (Å²) in [7, 11) is 0. The molecule has 3 aromatic heterocycles. The van der Waals surface area contributed by atoms with Gasteiger partial charge in [0.2, 0.25) is 5.51 Å². The van der Waals surface area contributed by atoms with Gasteiger partial charge in [0.05, 0.1) is 24.7 Å². The Morgan fingerprint density at radius 2 is 1.46 bits per heavy atom. The summed E-state index contributed by atoms with van der Waals surface area (Å²) in [4.78, 5) is 0. The van der Waals surface area contributed by atoms with Crippen molar-refractivity contribution in [3.63, 3.8) is 0 Å². The molecule has 3 aromatic rings. The lowest BCUT2D eigenvalue weighted by Gasteiger charge is -2.18. The van der Waals surface area contributed by atoms with Crippen LogP contribution in [0.25, 0.3) is 0 Å². The molecule has 0 aliphatic carbocycles. The van der Waals surface area contributed by atoms with Gasteiger partial charge in [0.25, 0.3) is 11.8 Å².